The minimum absolute atomic E-state index is 0. The van der Waals surface area contributed by atoms with E-state index in [-0.39, 0.29) is 18.3 Å². The second-order valence-corrected chi connectivity index (χ2v) is 6.71. The molecule has 7 heteroatoms. The quantitative estimate of drug-likeness (QED) is 0.821. The number of piperidine rings is 1. The number of halogens is 3. The third-order valence-corrected chi connectivity index (χ3v) is 5.21. The molecular formula is C14H19Cl3N2OS. The van der Waals surface area contributed by atoms with Gasteiger partial charge in [-0.2, -0.15) is 0 Å². The summed E-state index contributed by atoms with van der Waals surface area (Å²) in [5.74, 6) is 0.526. The zero-order valence-electron chi connectivity index (χ0n) is 11.8. The Labute approximate surface area is 146 Å². The Morgan fingerprint density at radius 1 is 1.38 bits per heavy atom. The van der Waals surface area contributed by atoms with Crippen LogP contribution < -0.4 is 5.32 Å². The summed E-state index contributed by atoms with van der Waals surface area (Å²) in [6.45, 7) is 1.96. The molecule has 0 spiro atoms. The van der Waals surface area contributed by atoms with Crippen LogP contribution in [-0.2, 0) is 4.79 Å². The lowest BCUT2D eigenvalue weighted by Crippen LogP contribution is -2.44. The zero-order valence-corrected chi connectivity index (χ0v) is 14.9. The lowest BCUT2D eigenvalue weighted by molar-refractivity contribution is -0.129. The fourth-order valence-electron chi connectivity index (χ4n) is 2.23. The molecule has 1 aromatic carbocycles. The second-order valence-electron chi connectivity index (χ2n) is 4.85. The van der Waals surface area contributed by atoms with Gasteiger partial charge in [-0.05, 0) is 44.1 Å². The zero-order chi connectivity index (χ0) is 14.5. The van der Waals surface area contributed by atoms with Crippen molar-refractivity contribution < 1.29 is 4.79 Å². The summed E-state index contributed by atoms with van der Waals surface area (Å²) in [5, 5.41) is 4.58. The molecule has 1 amide bonds. The third kappa shape index (κ3) is 5.53. The Morgan fingerprint density at radius 2 is 2.05 bits per heavy atom. The second kappa shape index (κ2) is 9.11. The Morgan fingerprint density at radius 3 is 2.71 bits per heavy atom. The van der Waals surface area contributed by atoms with Gasteiger partial charge in [-0.1, -0.05) is 23.2 Å². The van der Waals surface area contributed by atoms with E-state index < -0.39 is 0 Å². The number of thioether (sulfide) groups is 1. The Kier molecular flexibility index (Phi) is 8.21. The third-order valence-electron chi connectivity index (χ3n) is 3.49. The fourth-order valence-corrected chi connectivity index (χ4v) is 3.64. The summed E-state index contributed by atoms with van der Waals surface area (Å²) in [7, 11) is 1.89. The number of carbonyl (C=O) groups is 1. The molecule has 0 aromatic heterocycles. The molecular weight excluding hydrogens is 351 g/mol. The summed E-state index contributed by atoms with van der Waals surface area (Å²) < 4.78 is 0. The smallest absolute Gasteiger partial charge is 0.232 e. The van der Waals surface area contributed by atoms with Crippen molar-refractivity contribution in [3.63, 3.8) is 0 Å². The van der Waals surface area contributed by atoms with E-state index in [0.717, 1.165) is 30.8 Å². The van der Waals surface area contributed by atoms with Crippen molar-refractivity contribution in [2.45, 2.75) is 23.8 Å². The lowest BCUT2D eigenvalue weighted by atomic mass is 10.1. The average Bonchev–Trinajstić information content (AvgIpc) is 2.48. The maximum Gasteiger partial charge on any atom is 0.232 e. The first kappa shape index (κ1) is 18.9. The lowest BCUT2D eigenvalue weighted by Gasteiger charge is -2.31. The number of carbonyl (C=O) groups excluding carboxylic acids is 1. The van der Waals surface area contributed by atoms with Gasteiger partial charge in [0.15, 0.2) is 0 Å². The van der Waals surface area contributed by atoms with Crippen LogP contribution in [0.4, 0.5) is 0 Å². The molecule has 1 saturated heterocycles. The van der Waals surface area contributed by atoms with Gasteiger partial charge in [0.05, 0.1) is 10.8 Å². The molecule has 1 fully saturated rings. The minimum Gasteiger partial charge on any atom is -0.342 e. The number of hydrogen-bond acceptors (Lipinski definition) is 3. The van der Waals surface area contributed by atoms with Gasteiger partial charge in [0.25, 0.3) is 0 Å². The van der Waals surface area contributed by atoms with Crippen molar-refractivity contribution in [1.82, 2.24) is 10.2 Å². The van der Waals surface area contributed by atoms with E-state index in [9.17, 15) is 4.79 Å². The summed E-state index contributed by atoms with van der Waals surface area (Å²) in [5.41, 5.74) is 0. The van der Waals surface area contributed by atoms with E-state index in [4.69, 9.17) is 23.2 Å². The van der Waals surface area contributed by atoms with Crippen LogP contribution in [0.5, 0.6) is 0 Å². The highest BCUT2D eigenvalue weighted by atomic mass is 35.5. The van der Waals surface area contributed by atoms with E-state index in [1.165, 1.54) is 11.8 Å². The van der Waals surface area contributed by atoms with Gasteiger partial charge < -0.3 is 10.2 Å². The molecule has 1 aliphatic rings. The number of nitrogens with one attached hydrogen (secondary N) is 1. The summed E-state index contributed by atoms with van der Waals surface area (Å²) in [6, 6.07) is 5.65. The first-order chi connectivity index (χ1) is 9.58. The van der Waals surface area contributed by atoms with Crippen molar-refractivity contribution in [2.24, 2.45) is 0 Å². The van der Waals surface area contributed by atoms with Gasteiger partial charge in [0.1, 0.15) is 0 Å². The van der Waals surface area contributed by atoms with E-state index in [0.29, 0.717) is 21.8 Å². The molecule has 1 aliphatic heterocycles. The van der Waals surface area contributed by atoms with Crippen LogP contribution in [0, 0.1) is 0 Å². The number of hydrogen-bond donors (Lipinski definition) is 1. The maximum atomic E-state index is 12.2. The van der Waals surface area contributed by atoms with Crippen LogP contribution in [0.3, 0.4) is 0 Å². The highest BCUT2D eigenvalue weighted by Crippen LogP contribution is 2.30. The summed E-state index contributed by atoms with van der Waals surface area (Å²) >= 11 is 13.5. The van der Waals surface area contributed by atoms with Gasteiger partial charge in [-0.3, -0.25) is 4.79 Å². The van der Waals surface area contributed by atoms with Crippen LogP contribution in [0.25, 0.3) is 0 Å². The van der Waals surface area contributed by atoms with Gasteiger partial charge in [-0.15, -0.1) is 24.2 Å². The van der Waals surface area contributed by atoms with Crippen molar-refractivity contribution in [3.05, 3.63) is 28.2 Å². The van der Waals surface area contributed by atoms with Crippen molar-refractivity contribution >= 4 is 53.3 Å². The standard InChI is InChI=1S/C14H18Cl2N2OS.ClH/c1-18(11-4-6-17-7-5-11)14(19)9-20-13-8-10(15)2-3-12(13)16;/h2-3,8,11,17H,4-7,9H2,1H3;1H. The average molecular weight is 370 g/mol. The molecule has 3 nitrogen and oxygen atoms in total. The molecule has 0 aliphatic carbocycles. The van der Waals surface area contributed by atoms with Gasteiger partial charge in [0, 0.05) is 23.0 Å². The van der Waals surface area contributed by atoms with Gasteiger partial charge >= 0.3 is 0 Å². The molecule has 0 saturated carbocycles. The largest absolute Gasteiger partial charge is 0.342 e. The summed E-state index contributed by atoms with van der Waals surface area (Å²) in [6.07, 6.45) is 2.04. The van der Waals surface area contributed by atoms with Crippen LogP contribution >= 0.6 is 47.4 Å². The number of benzene rings is 1. The maximum absolute atomic E-state index is 12.2. The number of rotatable bonds is 4. The highest BCUT2D eigenvalue weighted by Gasteiger charge is 2.21. The van der Waals surface area contributed by atoms with Crippen LogP contribution in [0.1, 0.15) is 12.8 Å². The molecule has 118 valence electrons. The highest BCUT2D eigenvalue weighted by molar-refractivity contribution is 8.00. The molecule has 1 heterocycles. The Bertz CT molecular complexity index is 481. The van der Waals surface area contributed by atoms with Crippen molar-refractivity contribution in [1.29, 1.82) is 0 Å². The van der Waals surface area contributed by atoms with Crippen molar-refractivity contribution in [2.75, 3.05) is 25.9 Å². The topological polar surface area (TPSA) is 32.3 Å². The minimum atomic E-state index is 0. The van der Waals surface area contributed by atoms with E-state index in [1.807, 2.05) is 11.9 Å². The van der Waals surface area contributed by atoms with Crippen LogP contribution in [-0.4, -0.2) is 42.7 Å². The predicted octanol–water partition coefficient (Wildman–Crippen LogP) is 3.72. The van der Waals surface area contributed by atoms with E-state index in [1.54, 1.807) is 18.2 Å². The van der Waals surface area contributed by atoms with Crippen molar-refractivity contribution in [3.8, 4) is 0 Å². The predicted molar refractivity (Wildman–Crippen MR) is 93.1 cm³/mol. The molecule has 0 bridgehead atoms. The SMILES string of the molecule is CN(C(=O)CSc1cc(Cl)ccc1Cl)C1CCNCC1.Cl. The molecule has 1 N–H and O–H groups in total. The Hall–Kier alpha value is -0.130. The Balaban J connectivity index is 0.00000220. The number of amides is 1. The normalized spacial score (nSPS) is 15.4. The summed E-state index contributed by atoms with van der Waals surface area (Å²) in [4.78, 5) is 14.9. The molecule has 21 heavy (non-hydrogen) atoms. The monoisotopic (exact) mass is 368 g/mol. The van der Waals surface area contributed by atoms with E-state index >= 15 is 0 Å². The molecule has 0 atom stereocenters. The molecule has 1 aromatic rings. The first-order valence-electron chi connectivity index (χ1n) is 6.62. The molecule has 0 unspecified atom stereocenters. The molecule has 0 radical (unpaired) electrons. The van der Waals surface area contributed by atoms with E-state index in [2.05, 4.69) is 5.32 Å². The molecule has 2 rings (SSSR count). The van der Waals surface area contributed by atoms with Gasteiger partial charge in [-0.25, -0.2) is 0 Å². The van der Waals surface area contributed by atoms with Crippen LogP contribution in [0.2, 0.25) is 10.0 Å². The fraction of sp³-hybridized carbons (Fsp3) is 0.500. The van der Waals surface area contributed by atoms with Crippen LogP contribution in [0.15, 0.2) is 23.1 Å². The number of nitrogens with zero attached hydrogens (tertiary/aromatic N) is 1. The van der Waals surface area contributed by atoms with Gasteiger partial charge in [0.2, 0.25) is 5.91 Å². The first-order valence-corrected chi connectivity index (χ1v) is 8.36.